The van der Waals surface area contributed by atoms with Crippen molar-refractivity contribution in [3.63, 3.8) is 0 Å². The van der Waals surface area contributed by atoms with Crippen LogP contribution in [0.4, 0.5) is 8.78 Å². The van der Waals surface area contributed by atoms with Gasteiger partial charge in [-0.1, -0.05) is 18.2 Å². The van der Waals surface area contributed by atoms with E-state index in [2.05, 4.69) is 5.32 Å². The van der Waals surface area contributed by atoms with Gasteiger partial charge < -0.3 is 15.2 Å². The zero-order valence-electron chi connectivity index (χ0n) is 11.4. The van der Waals surface area contributed by atoms with Crippen LogP contribution in [0, 0.1) is 11.6 Å². The summed E-state index contributed by atoms with van der Waals surface area (Å²) in [4.78, 5) is 0. The van der Waals surface area contributed by atoms with Crippen molar-refractivity contribution in [2.75, 3.05) is 13.2 Å². The Kier molecular flexibility index (Phi) is 5.66. The zero-order valence-corrected chi connectivity index (χ0v) is 11.4. The molecule has 3 nitrogen and oxygen atoms in total. The van der Waals surface area contributed by atoms with Crippen molar-refractivity contribution in [2.24, 2.45) is 0 Å². The van der Waals surface area contributed by atoms with Crippen molar-refractivity contribution < 1.29 is 18.6 Å². The quantitative estimate of drug-likeness (QED) is 0.824. The van der Waals surface area contributed by atoms with Gasteiger partial charge in [0, 0.05) is 18.7 Å². The highest BCUT2D eigenvalue weighted by molar-refractivity contribution is 5.21. The predicted molar refractivity (Wildman–Crippen MR) is 76.0 cm³/mol. The van der Waals surface area contributed by atoms with E-state index < -0.39 is 17.7 Å². The lowest BCUT2D eigenvalue weighted by Gasteiger charge is -2.13. The number of ether oxygens (including phenoxy) is 1. The van der Waals surface area contributed by atoms with E-state index in [0.717, 1.165) is 18.2 Å². The van der Waals surface area contributed by atoms with Crippen LogP contribution < -0.4 is 10.1 Å². The standard InChI is InChI=1S/C16H17F2NO2/c17-13-6-7-16(18)12(8-13)9-19-10-14(20)11-21-15-4-2-1-3-5-15/h1-8,14,19-20H,9-11H2. The summed E-state index contributed by atoms with van der Waals surface area (Å²) in [7, 11) is 0. The molecule has 2 N–H and O–H groups in total. The number of rotatable bonds is 7. The van der Waals surface area contributed by atoms with Crippen LogP contribution in [0.5, 0.6) is 5.75 Å². The smallest absolute Gasteiger partial charge is 0.127 e. The molecule has 0 aliphatic carbocycles. The van der Waals surface area contributed by atoms with Gasteiger partial charge in [-0.3, -0.25) is 0 Å². The van der Waals surface area contributed by atoms with Gasteiger partial charge in [0.25, 0.3) is 0 Å². The molecule has 0 spiro atoms. The monoisotopic (exact) mass is 293 g/mol. The van der Waals surface area contributed by atoms with Gasteiger partial charge in [0.1, 0.15) is 30.1 Å². The molecular formula is C16H17F2NO2. The minimum atomic E-state index is -0.734. The molecule has 0 radical (unpaired) electrons. The van der Waals surface area contributed by atoms with Crippen LogP contribution in [0.2, 0.25) is 0 Å². The molecule has 0 aliphatic rings. The maximum Gasteiger partial charge on any atom is 0.127 e. The predicted octanol–water partition coefficient (Wildman–Crippen LogP) is 2.49. The Balaban J connectivity index is 1.72. The summed E-state index contributed by atoms with van der Waals surface area (Å²) in [5.41, 5.74) is 0.228. The van der Waals surface area contributed by atoms with Crippen molar-refractivity contribution in [3.05, 3.63) is 65.7 Å². The molecule has 2 aromatic carbocycles. The highest BCUT2D eigenvalue weighted by atomic mass is 19.1. The molecule has 21 heavy (non-hydrogen) atoms. The minimum absolute atomic E-state index is 0.128. The van der Waals surface area contributed by atoms with E-state index >= 15 is 0 Å². The van der Waals surface area contributed by atoms with E-state index in [0.29, 0.717) is 5.75 Å². The third kappa shape index (κ3) is 5.13. The number of aliphatic hydroxyl groups is 1. The molecule has 0 bridgehead atoms. The van der Waals surface area contributed by atoms with E-state index in [9.17, 15) is 13.9 Å². The average Bonchev–Trinajstić information content (AvgIpc) is 2.50. The van der Waals surface area contributed by atoms with Gasteiger partial charge in [0.15, 0.2) is 0 Å². The molecule has 112 valence electrons. The van der Waals surface area contributed by atoms with Crippen molar-refractivity contribution in [2.45, 2.75) is 12.6 Å². The molecular weight excluding hydrogens is 276 g/mol. The highest BCUT2D eigenvalue weighted by Crippen LogP contribution is 2.10. The average molecular weight is 293 g/mol. The summed E-state index contributed by atoms with van der Waals surface area (Å²) in [5, 5.41) is 12.6. The molecule has 0 fully saturated rings. The van der Waals surface area contributed by atoms with Crippen LogP contribution in [-0.4, -0.2) is 24.4 Å². The summed E-state index contributed by atoms with van der Waals surface area (Å²) in [6.07, 6.45) is -0.734. The van der Waals surface area contributed by atoms with Crippen LogP contribution in [0.1, 0.15) is 5.56 Å². The molecule has 1 unspecified atom stereocenters. The first kappa shape index (κ1) is 15.4. The Morgan fingerprint density at radius 3 is 2.62 bits per heavy atom. The van der Waals surface area contributed by atoms with Crippen LogP contribution in [0.3, 0.4) is 0 Å². The van der Waals surface area contributed by atoms with Gasteiger partial charge in [-0.2, -0.15) is 0 Å². The molecule has 0 saturated heterocycles. The molecule has 0 aromatic heterocycles. The fourth-order valence-corrected chi connectivity index (χ4v) is 1.82. The lowest BCUT2D eigenvalue weighted by Crippen LogP contribution is -2.31. The van der Waals surface area contributed by atoms with Gasteiger partial charge in [-0.25, -0.2) is 8.78 Å². The van der Waals surface area contributed by atoms with Crippen molar-refractivity contribution in [1.82, 2.24) is 5.32 Å². The van der Waals surface area contributed by atoms with Crippen LogP contribution >= 0.6 is 0 Å². The van der Waals surface area contributed by atoms with Crippen LogP contribution in [0.15, 0.2) is 48.5 Å². The molecule has 2 aromatic rings. The maximum absolute atomic E-state index is 13.4. The van der Waals surface area contributed by atoms with Crippen LogP contribution in [0.25, 0.3) is 0 Å². The summed E-state index contributed by atoms with van der Waals surface area (Å²) in [6.45, 7) is 0.497. The molecule has 0 amide bonds. The number of halogens is 2. The third-order valence-electron chi connectivity index (χ3n) is 2.89. The second kappa shape index (κ2) is 7.71. The van der Waals surface area contributed by atoms with E-state index in [4.69, 9.17) is 4.74 Å². The normalized spacial score (nSPS) is 12.1. The molecule has 0 aliphatic heterocycles. The molecule has 2 rings (SSSR count). The topological polar surface area (TPSA) is 41.5 Å². The fraction of sp³-hybridized carbons (Fsp3) is 0.250. The summed E-state index contributed by atoms with van der Waals surface area (Å²) in [6, 6.07) is 12.4. The first-order valence-corrected chi connectivity index (χ1v) is 6.65. The van der Waals surface area contributed by atoms with E-state index in [1.807, 2.05) is 18.2 Å². The van der Waals surface area contributed by atoms with Crippen LogP contribution in [-0.2, 0) is 6.54 Å². The lowest BCUT2D eigenvalue weighted by molar-refractivity contribution is 0.106. The Hall–Kier alpha value is -1.98. The SMILES string of the molecule is OC(CNCc1cc(F)ccc1F)COc1ccccc1. The number of nitrogens with one attached hydrogen (secondary N) is 1. The van der Waals surface area contributed by atoms with Crippen molar-refractivity contribution in [3.8, 4) is 5.75 Å². The largest absolute Gasteiger partial charge is 0.491 e. The number of aliphatic hydroxyl groups excluding tert-OH is 1. The van der Waals surface area contributed by atoms with E-state index in [-0.39, 0.29) is 25.3 Å². The first-order chi connectivity index (χ1) is 10.1. The Morgan fingerprint density at radius 1 is 1.10 bits per heavy atom. The minimum Gasteiger partial charge on any atom is -0.491 e. The summed E-state index contributed by atoms with van der Waals surface area (Å²) in [5.74, 6) is -0.284. The zero-order chi connectivity index (χ0) is 15.1. The van der Waals surface area contributed by atoms with E-state index in [1.165, 1.54) is 0 Å². The highest BCUT2D eigenvalue weighted by Gasteiger charge is 2.07. The molecule has 0 saturated carbocycles. The fourth-order valence-electron chi connectivity index (χ4n) is 1.82. The van der Waals surface area contributed by atoms with Gasteiger partial charge in [-0.15, -0.1) is 0 Å². The number of hydrogen-bond donors (Lipinski definition) is 2. The number of hydrogen-bond acceptors (Lipinski definition) is 3. The van der Waals surface area contributed by atoms with Crippen molar-refractivity contribution >= 4 is 0 Å². The first-order valence-electron chi connectivity index (χ1n) is 6.65. The van der Waals surface area contributed by atoms with Gasteiger partial charge in [0.2, 0.25) is 0 Å². The van der Waals surface area contributed by atoms with Crippen molar-refractivity contribution in [1.29, 1.82) is 0 Å². The Labute approximate surface area is 122 Å². The van der Waals surface area contributed by atoms with Gasteiger partial charge in [-0.05, 0) is 30.3 Å². The Morgan fingerprint density at radius 2 is 1.86 bits per heavy atom. The second-order valence-electron chi connectivity index (χ2n) is 4.64. The molecule has 5 heteroatoms. The summed E-state index contributed by atoms with van der Waals surface area (Å²) < 4.78 is 31.7. The summed E-state index contributed by atoms with van der Waals surface area (Å²) >= 11 is 0. The van der Waals surface area contributed by atoms with E-state index in [1.54, 1.807) is 12.1 Å². The number of benzene rings is 2. The Bertz CT molecular complexity index is 563. The maximum atomic E-state index is 13.4. The second-order valence-corrected chi connectivity index (χ2v) is 4.64. The van der Waals surface area contributed by atoms with Gasteiger partial charge in [0.05, 0.1) is 0 Å². The number of para-hydroxylation sites is 1. The molecule has 1 atom stereocenters. The lowest BCUT2D eigenvalue weighted by atomic mass is 10.2. The third-order valence-corrected chi connectivity index (χ3v) is 2.89. The van der Waals surface area contributed by atoms with Gasteiger partial charge >= 0.3 is 0 Å². The molecule has 0 heterocycles.